The predicted molar refractivity (Wildman–Crippen MR) is 67.1 cm³/mol. The third kappa shape index (κ3) is 3.90. The van der Waals surface area contributed by atoms with Crippen LogP contribution in [-0.4, -0.2) is 41.0 Å². The average molecular weight is 224 g/mol. The largest absolute Gasteiger partial charge is 0.383 e. The highest BCUT2D eigenvalue weighted by Gasteiger charge is 2.03. The molecule has 5 N–H and O–H groups in total. The first-order chi connectivity index (χ1) is 7.49. The lowest BCUT2D eigenvalue weighted by Gasteiger charge is -2.21. The van der Waals surface area contributed by atoms with Gasteiger partial charge in [0.15, 0.2) is 0 Å². The Labute approximate surface area is 96.0 Å². The van der Waals surface area contributed by atoms with Crippen molar-refractivity contribution in [3.05, 3.63) is 6.07 Å². The van der Waals surface area contributed by atoms with Crippen molar-refractivity contribution in [1.29, 1.82) is 0 Å². The van der Waals surface area contributed by atoms with E-state index in [-0.39, 0.29) is 5.95 Å². The van der Waals surface area contributed by atoms with Crippen LogP contribution in [0.15, 0.2) is 6.07 Å². The third-order valence-corrected chi connectivity index (χ3v) is 2.42. The molecule has 6 nitrogen and oxygen atoms in total. The van der Waals surface area contributed by atoms with Gasteiger partial charge in [-0.2, -0.15) is 9.97 Å². The van der Waals surface area contributed by atoms with Crippen LogP contribution in [0.25, 0.3) is 0 Å². The number of nitrogens with zero attached hydrogens (tertiary/aromatic N) is 3. The molecular weight excluding hydrogens is 204 g/mol. The van der Waals surface area contributed by atoms with E-state index in [1.807, 2.05) is 0 Å². The number of nitrogens with two attached hydrogens (primary N) is 2. The minimum atomic E-state index is 0.194. The Morgan fingerprint density at radius 3 is 2.62 bits per heavy atom. The number of nitrogen functional groups attached to an aromatic ring is 2. The molecule has 1 heterocycles. The zero-order valence-corrected chi connectivity index (χ0v) is 10.1. The highest BCUT2D eigenvalue weighted by Crippen LogP contribution is 2.08. The van der Waals surface area contributed by atoms with Crippen LogP contribution in [-0.2, 0) is 0 Å². The van der Waals surface area contributed by atoms with Crippen LogP contribution in [0.3, 0.4) is 0 Å². The van der Waals surface area contributed by atoms with E-state index in [0.29, 0.717) is 17.7 Å². The van der Waals surface area contributed by atoms with E-state index < -0.39 is 0 Å². The molecule has 1 rings (SSSR count). The van der Waals surface area contributed by atoms with Gasteiger partial charge in [-0.05, 0) is 20.9 Å². The molecule has 0 saturated carbocycles. The molecule has 0 aliphatic rings. The summed E-state index contributed by atoms with van der Waals surface area (Å²) in [7, 11) is 2.08. The Balaban J connectivity index is 2.43. The van der Waals surface area contributed by atoms with Crippen molar-refractivity contribution in [2.75, 3.05) is 36.9 Å². The lowest BCUT2D eigenvalue weighted by atomic mass is 10.3. The number of aromatic nitrogens is 2. The highest BCUT2D eigenvalue weighted by molar-refractivity contribution is 5.48. The minimum absolute atomic E-state index is 0.194. The van der Waals surface area contributed by atoms with Gasteiger partial charge < -0.3 is 21.7 Å². The molecule has 0 atom stereocenters. The normalized spacial score (nSPS) is 11.1. The molecule has 0 aliphatic heterocycles. The zero-order valence-electron chi connectivity index (χ0n) is 10.1. The van der Waals surface area contributed by atoms with Crippen LogP contribution < -0.4 is 16.8 Å². The molecule has 0 bridgehead atoms. The number of anilines is 3. The summed E-state index contributed by atoms with van der Waals surface area (Å²) >= 11 is 0. The lowest BCUT2D eigenvalue weighted by molar-refractivity contribution is 0.284. The van der Waals surface area contributed by atoms with E-state index >= 15 is 0 Å². The van der Waals surface area contributed by atoms with Crippen molar-refractivity contribution >= 4 is 17.6 Å². The second kappa shape index (κ2) is 5.50. The molecular formula is C10H20N6. The number of nitrogens with one attached hydrogen (secondary N) is 1. The average Bonchev–Trinajstić information content (AvgIpc) is 2.15. The van der Waals surface area contributed by atoms with Crippen LogP contribution in [0.4, 0.5) is 17.6 Å². The van der Waals surface area contributed by atoms with Gasteiger partial charge in [0.05, 0.1) is 0 Å². The fourth-order valence-electron chi connectivity index (χ4n) is 1.19. The van der Waals surface area contributed by atoms with Gasteiger partial charge in [-0.25, -0.2) is 0 Å². The summed E-state index contributed by atoms with van der Waals surface area (Å²) < 4.78 is 0. The Morgan fingerprint density at radius 2 is 2.06 bits per heavy atom. The summed E-state index contributed by atoms with van der Waals surface area (Å²) in [6, 6.07) is 2.20. The van der Waals surface area contributed by atoms with E-state index in [0.717, 1.165) is 13.1 Å². The molecule has 0 saturated heterocycles. The smallest absolute Gasteiger partial charge is 0.223 e. The summed E-state index contributed by atoms with van der Waals surface area (Å²) in [4.78, 5) is 10.1. The summed E-state index contributed by atoms with van der Waals surface area (Å²) in [6.07, 6.45) is 0. The molecule has 1 aromatic heterocycles. The van der Waals surface area contributed by atoms with Crippen molar-refractivity contribution in [1.82, 2.24) is 14.9 Å². The van der Waals surface area contributed by atoms with Gasteiger partial charge in [0.2, 0.25) is 5.95 Å². The minimum Gasteiger partial charge on any atom is -0.383 e. The second-order valence-corrected chi connectivity index (χ2v) is 4.04. The van der Waals surface area contributed by atoms with E-state index in [1.165, 1.54) is 0 Å². The van der Waals surface area contributed by atoms with Crippen molar-refractivity contribution < 1.29 is 0 Å². The van der Waals surface area contributed by atoms with Crippen LogP contribution >= 0.6 is 0 Å². The van der Waals surface area contributed by atoms with Gasteiger partial charge in [-0.15, -0.1) is 0 Å². The molecule has 0 unspecified atom stereocenters. The van der Waals surface area contributed by atoms with Crippen molar-refractivity contribution in [3.63, 3.8) is 0 Å². The molecule has 0 fully saturated rings. The number of rotatable bonds is 5. The number of likely N-dealkylation sites (N-methyl/N-ethyl adjacent to an activating group) is 1. The Kier molecular flexibility index (Phi) is 4.30. The summed E-state index contributed by atoms with van der Waals surface area (Å²) in [5, 5.41) is 3.16. The Morgan fingerprint density at radius 1 is 1.38 bits per heavy atom. The van der Waals surface area contributed by atoms with Gasteiger partial charge in [0.25, 0.3) is 0 Å². The SMILES string of the molecule is CC(C)N(C)CCNc1cc(N)nc(N)n1. The van der Waals surface area contributed by atoms with E-state index in [4.69, 9.17) is 11.5 Å². The standard InChI is InChI=1S/C10H20N6/c1-7(2)16(3)5-4-13-9-6-8(11)14-10(12)15-9/h6-7H,4-5H2,1-3H3,(H5,11,12,13,14,15). The van der Waals surface area contributed by atoms with Crippen molar-refractivity contribution in [2.24, 2.45) is 0 Å². The van der Waals surface area contributed by atoms with Crippen LogP contribution in [0.1, 0.15) is 13.8 Å². The van der Waals surface area contributed by atoms with E-state index in [9.17, 15) is 0 Å². The maximum atomic E-state index is 5.56. The van der Waals surface area contributed by atoms with E-state index in [1.54, 1.807) is 6.07 Å². The molecule has 0 aliphatic carbocycles. The lowest BCUT2D eigenvalue weighted by Crippen LogP contribution is -2.31. The van der Waals surface area contributed by atoms with Gasteiger partial charge in [0.1, 0.15) is 11.6 Å². The fourth-order valence-corrected chi connectivity index (χ4v) is 1.19. The first-order valence-electron chi connectivity index (χ1n) is 5.33. The third-order valence-electron chi connectivity index (χ3n) is 2.42. The fraction of sp³-hybridized carbons (Fsp3) is 0.600. The highest BCUT2D eigenvalue weighted by atomic mass is 15.2. The first kappa shape index (κ1) is 12.5. The molecule has 0 aromatic carbocycles. The van der Waals surface area contributed by atoms with E-state index in [2.05, 4.69) is 41.1 Å². The maximum absolute atomic E-state index is 5.56. The molecule has 0 amide bonds. The summed E-state index contributed by atoms with van der Waals surface area (Å²) in [6.45, 7) is 6.04. The monoisotopic (exact) mass is 224 g/mol. The maximum Gasteiger partial charge on any atom is 0.223 e. The van der Waals surface area contributed by atoms with Crippen LogP contribution in [0.5, 0.6) is 0 Å². The topological polar surface area (TPSA) is 93.1 Å². The summed E-state index contributed by atoms with van der Waals surface area (Å²) in [5.41, 5.74) is 11.0. The number of hydrogen-bond donors (Lipinski definition) is 3. The molecule has 90 valence electrons. The van der Waals surface area contributed by atoms with Crippen LogP contribution in [0.2, 0.25) is 0 Å². The van der Waals surface area contributed by atoms with Crippen molar-refractivity contribution in [3.8, 4) is 0 Å². The zero-order chi connectivity index (χ0) is 12.1. The Hall–Kier alpha value is -1.56. The van der Waals surface area contributed by atoms with Gasteiger partial charge >= 0.3 is 0 Å². The molecule has 0 radical (unpaired) electrons. The molecule has 16 heavy (non-hydrogen) atoms. The first-order valence-corrected chi connectivity index (χ1v) is 5.33. The summed E-state index contributed by atoms with van der Waals surface area (Å²) in [5.74, 6) is 1.24. The van der Waals surface area contributed by atoms with Crippen molar-refractivity contribution in [2.45, 2.75) is 19.9 Å². The molecule has 0 spiro atoms. The quantitative estimate of drug-likeness (QED) is 0.670. The van der Waals surface area contributed by atoms with Gasteiger partial charge in [-0.1, -0.05) is 0 Å². The molecule has 6 heteroatoms. The van der Waals surface area contributed by atoms with Gasteiger partial charge in [-0.3, -0.25) is 0 Å². The number of hydrogen-bond acceptors (Lipinski definition) is 6. The second-order valence-electron chi connectivity index (χ2n) is 4.04. The van der Waals surface area contributed by atoms with Gasteiger partial charge in [0, 0.05) is 25.2 Å². The Bertz CT molecular complexity index is 318. The predicted octanol–water partition coefficient (Wildman–Crippen LogP) is 0.393. The molecule has 1 aromatic rings. The van der Waals surface area contributed by atoms with Crippen LogP contribution in [0, 0.1) is 0 Å².